The van der Waals surface area contributed by atoms with Gasteiger partial charge in [0.15, 0.2) is 0 Å². The normalized spacial score (nSPS) is 12.8. The Bertz CT molecular complexity index is 273. The van der Waals surface area contributed by atoms with Gasteiger partial charge in [-0.25, -0.2) is 0 Å². The summed E-state index contributed by atoms with van der Waals surface area (Å²) in [5, 5.41) is 1.89. The van der Waals surface area contributed by atoms with Crippen LogP contribution in [0.25, 0.3) is 0 Å². The van der Waals surface area contributed by atoms with E-state index < -0.39 is 0 Å². The first kappa shape index (κ1) is 12.1. The Morgan fingerprint density at radius 1 is 1.36 bits per heavy atom. The van der Waals surface area contributed by atoms with Gasteiger partial charge in [0.2, 0.25) is 0 Å². The SMILES string of the molecule is CCCCC(CBr)c1ccccc1Cl. The fourth-order valence-electron chi connectivity index (χ4n) is 1.57. The molecule has 2 heteroatoms. The number of benzene rings is 1. The van der Waals surface area contributed by atoms with Gasteiger partial charge in [-0.15, -0.1) is 0 Å². The summed E-state index contributed by atoms with van der Waals surface area (Å²) in [4.78, 5) is 0. The predicted octanol–water partition coefficient (Wildman–Crippen LogP) is 5.01. The first-order chi connectivity index (χ1) is 6.79. The van der Waals surface area contributed by atoms with Gasteiger partial charge in [-0.1, -0.05) is 65.5 Å². The molecule has 0 nitrogen and oxygen atoms in total. The lowest BCUT2D eigenvalue weighted by Crippen LogP contribution is -2.00. The Balaban J connectivity index is 2.73. The third kappa shape index (κ3) is 3.29. The first-order valence-corrected chi connectivity index (χ1v) is 6.60. The minimum Gasteiger partial charge on any atom is -0.0921 e. The smallest absolute Gasteiger partial charge is 0.0441 e. The molecule has 1 aromatic carbocycles. The van der Waals surface area contributed by atoms with Crippen LogP contribution in [0.3, 0.4) is 0 Å². The highest BCUT2D eigenvalue weighted by molar-refractivity contribution is 9.09. The Labute approximate surface area is 99.8 Å². The molecule has 1 rings (SSSR count). The van der Waals surface area contributed by atoms with Crippen molar-refractivity contribution in [3.63, 3.8) is 0 Å². The number of unbranched alkanes of at least 4 members (excludes halogenated alkanes) is 1. The van der Waals surface area contributed by atoms with Crippen molar-refractivity contribution in [3.8, 4) is 0 Å². The van der Waals surface area contributed by atoms with Crippen LogP contribution in [0.4, 0.5) is 0 Å². The number of hydrogen-bond acceptors (Lipinski definition) is 0. The van der Waals surface area contributed by atoms with Crippen LogP contribution in [0.1, 0.15) is 37.7 Å². The van der Waals surface area contributed by atoms with Gasteiger partial charge in [-0.2, -0.15) is 0 Å². The van der Waals surface area contributed by atoms with E-state index in [1.807, 2.05) is 12.1 Å². The fraction of sp³-hybridized carbons (Fsp3) is 0.500. The summed E-state index contributed by atoms with van der Waals surface area (Å²) in [6.45, 7) is 2.22. The highest BCUT2D eigenvalue weighted by atomic mass is 79.9. The third-order valence-corrected chi connectivity index (χ3v) is 3.56. The van der Waals surface area contributed by atoms with E-state index in [0.29, 0.717) is 5.92 Å². The molecule has 14 heavy (non-hydrogen) atoms. The molecular formula is C12H16BrCl. The second-order valence-electron chi connectivity index (χ2n) is 3.51. The summed E-state index contributed by atoms with van der Waals surface area (Å²) < 4.78 is 0. The number of hydrogen-bond donors (Lipinski definition) is 0. The van der Waals surface area contributed by atoms with Crippen LogP contribution in [0.2, 0.25) is 5.02 Å². The van der Waals surface area contributed by atoms with Crippen molar-refractivity contribution in [2.45, 2.75) is 32.1 Å². The molecule has 1 unspecified atom stereocenters. The molecule has 0 N–H and O–H groups in total. The van der Waals surface area contributed by atoms with Crippen molar-refractivity contribution in [2.75, 3.05) is 5.33 Å². The molecule has 0 saturated heterocycles. The highest BCUT2D eigenvalue weighted by Crippen LogP contribution is 2.29. The van der Waals surface area contributed by atoms with Gasteiger partial charge < -0.3 is 0 Å². The molecule has 0 bridgehead atoms. The molecule has 1 atom stereocenters. The van der Waals surface area contributed by atoms with E-state index in [9.17, 15) is 0 Å². The van der Waals surface area contributed by atoms with Crippen LogP contribution in [-0.4, -0.2) is 5.33 Å². The summed E-state index contributed by atoms with van der Waals surface area (Å²) in [6, 6.07) is 8.14. The second kappa shape index (κ2) is 6.47. The van der Waals surface area contributed by atoms with Crippen molar-refractivity contribution in [2.24, 2.45) is 0 Å². The van der Waals surface area contributed by atoms with Gasteiger partial charge in [-0.3, -0.25) is 0 Å². The van der Waals surface area contributed by atoms with E-state index in [4.69, 9.17) is 11.6 Å². The monoisotopic (exact) mass is 274 g/mol. The molecular weight excluding hydrogens is 259 g/mol. The molecule has 0 aromatic heterocycles. The first-order valence-electron chi connectivity index (χ1n) is 5.10. The van der Waals surface area contributed by atoms with Gasteiger partial charge >= 0.3 is 0 Å². The summed E-state index contributed by atoms with van der Waals surface area (Å²) in [5.41, 5.74) is 1.28. The average Bonchev–Trinajstić information content (AvgIpc) is 2.21. The zero-order chi connectivity index (χ0) is 10.4. The van der Waals surface area contributed by atoms with Gasteiger partial charge in [0.1, 0.15) is 0 Å². The number of alkyl halides is 1. The lowest BCUT2D eigenvalue weighted by Gasteiger charge is -2.15. The third-order valence-electron chi connectivity index (χ3n) is 2.44. The van der Waals surface area contributed by atoms with E-state index in [1.165, 1.54) is 24.8 Å². The summed E-state index contributed by atoms with van der Waals surface area (Å²) in [5.74, 6) is 0.559. The van der Waals surface area contributed by atoms with Crippen molar-refractivity contribution in [3.05, 3.63) is 34.9 Å². The van der Waals surface area contributed by atoms with Crippen molar-refractivity contribution < 1.29 is 0 Å². The minimum absolute atomic E-state index is 0.559. The summed E-state index contributed by atoms with van der Waals surface area (Å²) >= 11 is 9.71. The second-order valence-corrected chi connectivity index (χ2v) is 4.57. The Hall–Kier alpha value is -0.0100. The minimum atomic E-state index is 0.559. The van der Waals surface area contributed by atoms with Gasteiger partial charge in [0.25, 0.3) is 0 Å². The summed E-state index contributed by atoms with van der Waals surface area (Å²) in [6.07, 6.45) is 3.72. The van der Waals surface area contributed by atoms with E-state index in [2.05, 4.69) is 35.0 Å². The van der Waals surface area contributed by atoms with Crippen molar-refractivity contribution in [1.29, 1.82) is 0 Å². The molecule has 0 aliphatic rings. The summed E-state index contributed by atoms with van der Waals surface area (Å²) in [7, 11) is 0. The van der Waals surface area contributed by atoms with Gasteiger partial charge in [0.05, 0.1) is 0 Å². The Kier molecular flexibility index (Phi) is 5.57. The zero-order valence-corrected chi connectivity index (χ0v) is 10.8. The predicted molar refractivity (Wildman–Crippen MR) is 67.5 cm³/mol. The molecule has 0 heterocycles. The number of halogens is 2. The largest absolute Gasteiger partial charge is 0.0921 e. The molecule has 1 aromatic rings. The van der Waals surface area contributed by atoms with Crippen LogP contribution < -0.4 is 0 Å². The lowest BCUT2D eigenvalue weighted by atomic mass is 9.95. The molecule has 0 radical (unpaired) electrons. The Morgan fingerprint density at radius 2 is 2.07 bits per heavy atom. The van der Waals surface area contributed by atoms with E-state index >= 15 is 0 Å². The highest BCUT2D eigenvalue weighted by Gasteiger charge is 2.11. The van der Waals surface area contributed by atoms with E-state index in [0.717, 1.165) is 10.4 Å². The quantitative estimate of drug-likeness (QED) is 0.663. The van der Waals surface area contributed by atoms with Gasteiger partial charge in [0, 0.05) is 10.4 Å². The zero-order valence-electron chi connectivity index (χ0n) is 8.47. The molecule has 0 aliphatic carbocycles. The lowest BCUT2D eigenvalue weighted by molar-refractivity contribution is 0.633. The van der Waals surface area contributed by atoms with Crippen LogP contribution >= 0.6 is 27.5 Å². The molecule has 0 amide bonds. The van der Waals surface area contributed by atoms with Crippen molar-refractivity contribution >= 4 is 27.5 Å². The molecule has 78 valence electrons. The molecule has 0 fully saturated rings. The maximum Gasteiger partial charge on any atom is 0.0441 e. The average molecular weight is 276 g/mol. The maximum absolute atomic E-state index is 6.16. The fourth-order valence-corrected chi connectivity index (χ4v) is 2.54. The standard InChI is InChI=1S/C12H16BrCl/c1-2-3-6-10(9-13)11-7-4-5-8-12(11)14/h4-5,7-8,10H,2-3,6,9H2,1H3. The van der Waals surface area contributed by atoms with Gasteiger partial charge in [-0.05, 0) is 24.0 Å². The topological polar surface area (TPSA) is 0 Å². The molecule has 0 spiro atoms. The number of rotatable bonds is 5. The molecule has 0 saturated carbocycles. The maximum atomic E-state index is 6.16. The van der Waals surface area contributed by atoms with Crippen LogP contribution in [0, 0.1) is 0 Å². The molecule has 0 aliphatic heterocycles. The van der Waals surface area contributed by atoms with E-state index in [-0.39, 0.29) is 0 Å². The van der Waals surface area contributed by atoms with E-state index in [1.54, 1.807) is 0 Å². The Morgan fingerprint density at radius 3 is 2.64 bits per heavy atom. The van der Waals surface area contributed by atoms with Crippen LogP contribution in [-0.2, 0) is 0 Å². The van der Waals surface area contributed by atoms with Crippen LogP contribution in [0.15, 0.2) is 24.3 Å². The van der Waals surface area contributed by atoms with Crippen LogP contribution in [0.5, 0.6) is 0 Å². The van der Waals surface area contributed by atoms with Crippen molar-refractivity contribution in [1.82, 2.24) is 0 Å².